The molecule has 0 N–H and O–H groups in total. The number of ether oxygens (including phenoxy) is 2. The van der Waals surface area contributed by atoms with E-state index in [1.165, 1.54) is 17.3 Å². The molecule has 0 saturated carbocycles. The highest BCUT2D eigenvalue weighted by molar-refractivity contribution is 7.99. The van der Waals surface area contributed by atoms with Crippen molar-refractivity contribution in [1.82, 2.24) is 19.7 Å². The van der Waals surface area contributed by atoms with Gasteiger partial charge in [-0.25, -0.2) is 0 Å². The summed E-state index contributed by atoms with van der Waals surface area (Å²) in [6, 6.07) is 3.98. The van der Waals surface area contributed by atoms with Gasteiger partial charge in [0.2, 0.25) is 5.91 Å². The van der Waals surface area contributed by atoms with E-state index in [0.717, 1.165) is 35.3 Å². The summed E-state index contributed by atoms with van der Waals surface area (Å²) in [5.41, 5.74) is 2.32. The van der Waals surface area contributed by atoms with Crippen LogP contribution in [-0.4, -0.2) is 52.1 Å². The minimum atomic E-state index is 0.110. The van der Waals surface area contributed by atoms with E-state index in [1.807, 2.05) is 35.4 Å². The SMILES string of the molecule is CCn1c(C)nnc1SCC(=O)N1CCc2cc(OC)c(OC)cc2C1. The number of aromatic nitrogens is 3. The van der Waals surface area contributed by atoms with Crippen molar-refractivity contribution in [2.24, 2.45) is 0 Å². The quantitative estimate of drug-likeness (QED) is 0.721. The molecule has 1 aromatic carbocycles. The average Bonchev–Trinajstić information content (AvgIpc) is 3.03. The molecule has 0 fully saturated rings. The second kappa shape index (κ2) is 7.99. The van der Waals surface area contributed by atoms with Crippen molar-refractivity contribution in [3.63, 3.8) is 0 Å². The van der Waals surface area contributed by atoms with Crippen molar-refractivity contribution in [2.45, 2.75) is 38.5 Å². The molecule has 1 aliphatic heterocycles. The predicted octanol–water partition coefficient (Wildman–Crippen LogP) is 2.30. The monoisotopic (exact) mass is 376 g/mol. The average molecular weight is 376 g/mol. The summed E-state index contributed by atoms with van der Waals surface area (Å²) in [6.07, 6.45) is 0.816. The van der Waals surface area contributed by atoms with Gasteiger partial charge in [0.05, 0.1) is 20.0 Å². The Morgan fingerprint density at radius 3 is 2.54 bits per heavy atom. The molecule has 1 aliphatic rings. The minimum absolute atomic E-state index is 0.110. The fraction of sp³-hybridized carbons (Fsp3) is 0.500. The highest BCUT2D eigenvalue weighted by atomic mass is 32.2. The molecular weight excluding hydrogens is 352 g/mol. The maximum absolute atomic E-state index is 12.7. The van der Waals surface area contributed by atoms with Crippen LogP contribution in [0.2, 0.25) is 0 Å². The number of hydrogen-bond acceptors (Lipinski definition) is 6. The van der Waals surface area contributed by atoms with Gasteiger partial charge in [0.1, 0.15) is 5.82 Å². The van der Waals surface area contributed by atoms with Crippen LogP contribution in [-0.2, 0) is 24.3 Å². The molecule has 26 heavy (non-hydrogen) atoms. The molecule has 0 radical (unpaired) electrons. The number of amides is 1. The highest BCUT2D eigenvalue weighted by Crippen LogP contribution is 2.33. The second-order valence-corrected chi connectivity index (χ2v) is 7.05. The first kappa shape index (κ1) is 18.6. The Hall–Kier alpha value is -2.22. The van der Waals surface area contributed by atoms with Crippen molar-refractivity contribution >= 4 is 17.7 Å². The van der Waals surface area contributed by atoms with Crippen LogP contribution in [0.4, 0.5) is 0 Å². The second-order valence-electron chi connectivity index (χ2n) is 6.10. The number of methoxy groups -OCH3 is 2. The topological polar surface area (TPSA) is 69.5 Å². The molecule has 0 atom stereocenters. The lowest BCUT2D eigenvalue weighted by Gasteiger charge is -2.29. The van der Waals surface area contributed by atoms with Gasteiger partial charge in [0.15, 0.2) is 16.7 Å². The van der Waals surface area contributed by atoms with Crippen LogP contribution >= 0.6 is 11.8 Å². The maximum atomic E-state index is 12.7. The van der Waals surface area contributed by atoms with E-state index in [9.17, 15) is 4.79 Å². The van der Waals surface area contributed by atoms with E-state index in [4.69, 9.17) is 9.47 Å². The van der Waals surface area contributed by atoms with Crippen LogP contribution in [0.25, 0.3) is 0 Å². The highest BCUT2D eigenvalue weighted by Gasteiger charge is 2.23. The van der Waals surface area contributed by atoms with Crippen LogP contribution in [0.5, 0.6) is 11.5 Å². The van der Waals surface area contributed by atoms with Crippen molar-refractivity contribution in [3.05, 3.63) is 29.1 Å². The zero-order chi connectivity index (χ0) is 18.7. The number of thioether (sulfide) groups is 1. The molecule has 0 spiro atoms. The van der Waals surface area contributed by atoms with Gasteiger partial charge in [-0.1, -0.05) is 11.8 Å². The first-order chi connectivity index (χ1) is 12.6. The minimum Gasteiger partial charge on any atom is -0.493 e. The molecule has 1 aromatic heterocycles. The van der Waals surface area contributed by atoms with Gasteiger partial charge in [0, 0.05) is 19.6 Å². The van der Waals surface area contributed by atoms with Crippen LogP contribution in [0, 0.1) is 6.92 Å². The first-order valence-electron chi connectivity index (χ1n) is 8.61. The van der Waals surface area contributed by atoms with Crippen LogP contribution < -0.4 is 9.47 Å². The summed E-state index contributed by atoms with van der Waals surface area (Å²) in [6.45, 7) is 6.07. The number of benzene rings is 1. The van der Waals surface area contributed by atoms with E-state index in [-0.39, 0.29) is 5.91 Å². The van der Waals surface area contributed by atoms with Crippen molar-refractivity contribution in [3.8, 4) is 11.5 Å². The molecule has 3 rings (SSSR count). The molecule has 0 unspecified atom stereocenters. The molecule has 2 heterocycles. The number of fused-ring (bicyclic) bond motifs is 1. The zero-order valence-corrected chi connectivity index (χ0v) is 16.4. The number of carbonyl (C=O) groups is 1. The van der Waals surface area contributed by atoms with Gasteiger partial charge >= 0.3 is 0 Å². The van der Waals surface area contributed by atoms with E-state index >= 15 is 0 Å². The third-order valence-electron chi connectivity index (χ3n) is 4.61. The number of rotatable bonds is 6. The van der Waals surface area contributed by atoms with Gasteiger partial charge in [0.25, 0.3) is 0 Å². The normalized spacial score (nSPS) is 13.5. The largest absolute Gasteiger partial charge is 0.493 e. The summed E-state index contributed by atoms with van der Waals surface area (Å²) in [7, 11) is 3.26. The number of hydrogen-bond donors (Lipinski definition) is 0. The van der Waals surface area contributed by atoms with Gasteiger partial charge < -0.3 is 18.9 Å². The Morgan fingerprint density at radius 1 is 1.19 bits per heavy atom. The van der Waals surface area contributed by atoms with Crippen molar-refractivity contribution < 1.29 is 14.3 Å². The summed E-state index contributed by atoms with van der Waals surface area (Å²) in [5, 5.41) is 9.03. The van der Waals surface area contributed by atoms with Crippen LogP contribution in [0.3, 0.4) is 0 Å². The number of carbonyl (C=O) groups excluding carboxylic acids is 1. The standard InChI is InChI=1S/C18H24N4O3S/c1-5-22-12(2)19-20-18(22)26-11-17(23)21-7-6-13-8-15(24-3)16(25-4)9-14(13)10-21/h8-9H,5-7,10-11H2,1-4H3. The molecule has 2 aromatic rings. The Morgan fingerprint density at radius 2 is 1.88 bits per heavy atom. The molecule has 140 valence electrons. The summed E-state index contributed by atoms with van der Waals surface area (Å²) >= 11 is 1.44. The summed E-state index contributed by atoms with van der Waals surface area (Å²) < 4.78 is 12.8. The smallest absolute Gasteiger partial charge is 0.233 e. The summed E-state index contributed by atoms with van der Waals surface area (Å²) in [5.74, 6) is 2.77. The number of aryl methyl sites for hydroxylation is 1. The van der Waals surface area contributed by atoms with Gasteiger partial charge in [-0.3, -0.25) is 4.79 Å². The lowest BCUT2D eigenvalue weighted by Crippen LogP contribution is -2.37. The van der Waals surface area contributed by atoms with E-state index < -0.39 is 0 Å². The first-order valence-corrected chi connectivity index (χ1v) is 9.60. The molecular formula is C18H24N4O3S. The number of nitrogens with zero attached hydrogens (tertiary/aromatic N) is 4. The third kappa shape index (κ3) is 3.65. The van der Waals surface area contributed by atoms with E-state index in [0.29, 0.717) is 24.6 Å². The Labute approximate surface area is 157 Å². The van der Waals surface area contributed by atoms with Crippen molar-refractivity contribution in [2.75, 3.05) is 26.5 Å². The van der Waals surface area contributed by atoms with Crippen molar-refractivity contribution in [1.29, 1.82) is 0 Å². The Kier molecular flexibility index (Phi) is 5.70. The molecule has 7 nitrogen and oxygen atoms in total. The molecule has 8 heteroatoms. The molecule has 0 bridgehead atoms. The zero-order valence-electron chi connectivity index (χ0n) is 15.6. The molecule has 1 amide bonds. The van der Waals surface area contributed by atoms with E-state index in [2.05, 4.69) is 10.2 Å². The van der Waals surface area contributed by atoms with Gasteiger partial charge in [-0.05, 0) is 43.5 Å². The van der Waals surface area contributed by atoms with Crippen LogP contribution in [0.15, 0.2) is 17.3 Å². The van der Waals surface area contributed by atoms with Gasteiger partial charge in [-0.15, -0.1) is 10.2 Å². The predicted molar refractivity (Wildman–Crippen MR) is 99.8 cm³/mol. The fourth-order valence-electron chi connectivity index (χ4n) is 3.15. The fourth-order valence-corrected chi connectivity index (χ4v) is 4.10. The molecule has 0 aliphatic carbocycles. The van der Waals surface area contributed by atoms with E-state index in [1.54, 1.807) is 14.2 Å². The third-order valence-corrected chi connectivity index (χ3v) is 5.57. The maximum Gasteiger partial charge on any atom is 0.233 e. The molecule has 0 saturated heterocycles. The Bertz CT molecular complexity index is 806. The van der Waals surface area contributed by atoms with Crippen LogP contribution in [0.1, 0.15) is 23.9 Å². The Balaban J connectivity index is 1.67. The lowest BCUT2D eigenvalue weighted by atomic mass is 9.99. The van der Waals surface area contributed by atoms with Gasteiger partial charge in [-0.2, -0.15) is 0 Å². The summed E-state index contributed by atoms with van der Waals surface area (Å²) in [4.78, 5) is 14.5. The lowest BCUT2D eigenvalue weighted by molar-refractivity contribution is -0.129.